The monoisotopic (exact) mass is 537 g/mol. The van der Waals surface area contributed by atoms with E-state index < -0.39 is 31.5 Å². The van der Waals surface area contributed by atoms with Gasteiger partial charge in [-0.05, 0) is 32.0 Å². The highest BCUT2D eigenvalue weighted by Gasteiger charge is 2.37. The highest BCUT2D eigenvalue weighted by Crippen LogP contribution is 2.29. The van der Waals surface area contributed by atoms with Gasteiger partial charge in [-0.25, -0.2) is 14.6 Å². The van der Waals surface area contributed by atoms with E-state index >= 15 is 0 Å². The minimum atomic E-state index is -4.70. The second-order valence-corrected chi connectivity index (χ2v) is 16.0. The molecule has 9 nitrogen and oxygen atoms in total. The van der Waals surface area contributed by atoms with Gasteiger partial charge in [0.05, 0.1) is 5.41 Å². The van der Waals surface area contributed by atoms with E-state index in [4.69, 9.17) is 9.47 Å². The molecule has 0 amide bonds. The summed E-state index contributed by atoms with van der Waals surface area (Å²) in [7, 11) is -1.36. The number of carboxylic acid groups (broad SMARTS) is 1. The summed E-state index contributed by atoms with van der Waals surface area (Å²) in [5.41, 5.74) is 0.508. The number of alkyl halides is 3. The third kappa shape index (κ3) is 7.83. The van der Waals surface area contributed by atoms with Crippen LogP contribution in [-0.4, -0.2) is 57.1 Å². The molecule has 0 aliphatic heterocycles. The maximum atomic E-state index is 13.3. The highest BCUT2D eigenvalue weighted by molar-refractivity contribution is 6.76. The van der Waals surface area contributed by atoms with Gasteiger partial charge in [0.2, 0.25) is 5.88 Å². The number of aromatic nitrogens is 5. The largest absolute Gasteiger partial charge is 0.481 e. The van der Waals surface area contributed by atoms with Crippen LogP contribution >= 0.6 is 0 Å². The number of carbonyl (C=O) groups is 1. The predicted octanol–water partition coefficient (Wildman–Crippen LogP) is 5.22. The van der Waals surface area contributed by atoms with Crippen molar-refractivity contribution in [2.75, 3.05) is 13.2 Å². The zero-order valence-corrected chi connectivity index (χ0v) is 22.3. The van der Waals surface area contributed by atoms with Gasteiger partial charge in [0.1, 0.15) is 19.0 Å². The number of aliphatic carboxylic acids is 1. The molecule has 0 atom stereocenters. The standard InChI is InChI=1S/C24H30F3N5O4Si/c1-23(2,22(33)34)14-36-19-9-7-17(13-29-19)16-6-8-18(28-12-16)20-30-21(24(25,26)27)31-32(20)15-35-10-11-37(3,4)5/h6-9,12-13H,10-11,14-15H2,1-5H3,(H,33,34). The molecular formula is C24H30F3N5O4Si. The van der Waals surface area contributed by atoms with Crippen molar-refractivity contribution in [1.29, 1.82) is 0 Å². The molecule has 0 fully saturated rings. The molecule has 0 saturated carbocycles. The number of nitrogens with zero attached hydrogens (tertiary/aromatic N) is 5. The normalized spacial score (nSPS) is 12.5. The van der Waals surface area contributed by atoms with E-state index in [0.29, 0.717) is 17.7 Å². The topological polar surface area (TPSA) is 112 Å². The predicted molar refractivity (Wildman–Crippen MR) is 133 cm³/mol. The second kappa shape index (κ2) is 11.0. The molecule has 0 saturated heterocycles. The summed E-state index contributed by atoms with van der Waals surface area (Å²) in [6, 6.07) is 7.43. The lowest BCUT2D eigenvalue weighted by Gasteiger charge is -2.18. The molecule has 3 rings (SSSR count). The van der Waals surface area contributed by atoms with E-state index in [1.54, 1.807) is 38.1 Å². The Hall–Kier alpha value is -3.32. The number of ether oxygens (including phenoxy) is 2. The highest BCUT2D eigenvalue weighted by atomic mass is 28.3. The van der Waals surface area contributed by atoms with Crippen LogP contribution in [0.5, 0.6) is 5.88 Å². The Labute approximate surface area is 213 Å². The van der Waals surface area contributed by atoms with E-state index in [1.807, 2.05) is 0 Å². The summed E-state index contributed by atoms with van der Waals surface area (Å²) < 4.78 is 52.0. The van der Waals surface area contributed by atoms with E-state index in [1.165, 1.54) is 12.4 Å². The van der Waals surface area contributed by atoms with Crippen molar-refractivity contribution in [2.45, 2.75) is 52.4 Å². The number of hydrogen-bond donors (Lipinski definition) is 1. The van der Waals surface area contributed by atoms with Crippen LogP contribution in [0.1, 0.15) is 19.7 Å². The van der Waals surface area contributed by atoms with Gasteiger partial charge in [0, 0.05) is 44.3 Å². The fraction of sp³-hybridized carbons (Fsp3) is 0.458. The molecular weight excluding hydrogens is 507 g/mol. The molecule has 0 aliphatic rings. The van der Waals surface area contributed by atoms with Gasteiger partial charge >= 0.3 is 12.1 Å². The molecule has 0 unspecified atom stereocenters. The van der Waals surface area contributed by atoms with Crippen molar-refractivity contribution in [3.05, 3.63) is 42.5 Å². The Morgan fingerprint density at radius 2 is 1.70 bits per heavy atom. The van der Waals surface area contributed by atoms with Gasteiger partial charge in [-0.1, -0.05) is 25.7 Å². The lowest BCUT2D eigenvalue weighted by atomic mass is 9.95. The lowest BCUT2D eigenvalue weighted by Crippen LogP contribution is -2.30. The summed E-state index contributed by atoms with van der Waals surface area (Å²) in [4.78, 5) is 23.4. The fourth-order valence-electron chi connectivity index (χ4n) is 2.92. The Morgan fingerprint density at radius 1 is 1.05 bits per heavy atom. The molecule has 3 heterocycles. The number of rotatable bonds is 11. The van der Waals surface area contributed by atoms with Crippen LogP contribution in [-0.2, 0) is 22.4 Å². The Bertz CT molecular complexity index is 1210. The summed E-state index contributed by atoms with van der Waals surface area (Å²) in [6.45, 7) is 9.85. The van der Waals surface area contributed by atoms with Gasteiger partial charge in [-0.3, -0.25) is 9.78 Å². The maximum absolute atomic E-state index is 13.3. The molecule has 3 aromatic rings. The van der Waals surface area contributed by atoms with Gasteiger partial charge in [-0.2, -0.15) is 13.2 Å². The van der Waals surface area contributed by atoms with E-state index in [2.05, 4.69) is 39.7 Å². The van der Waals surface area contributed by atoms with Crippen LogP contribution in [0.4, 0.5) is 13.2 Å². The first-order valence-electron chi connectivity index (χ1n) is 11.5. The van der Waals surface area contributed by atoms with Crippen LogP contribution in [0.3, 0.4) is 0 Å². The van der Waals surface area contributed by atoms with Gasteiger partial charge in [-0.15, -0.1) is 5.10 Å². The van der Waals surface area contributed by atoms with Crippen molar-refractivity contribution < 1.29 is 32.5 Å². The summed E-state index contributed by atoms with van der Waals surface area (Å²) >= 11 is 0. The Kier molecular flexibility index (Phi) is 8.37. The van der Waals surface area contributed by atoms with Gasteiger partial charge in [0.15, 0.2) is 5.82 Å². The van der Waals surface area contributed by atoms with E-state index in [9.17, 15) is 23.1 Å². The molecule has 13 heteroatoms. The molecule has 3 aromatic heterocycles. The second-order valence-electron chi connectivity index (χ2n) is 10.4. The molecule has 0 aromatic carbocycles. The minimum absolute atomic E-state index is 0.0465. The molecule has 0 aliphatic carbocycles. The van der Waals surface area contributed by atoms with Crippen molar-refractivity contribution in [2.24, 2.45) is 5.41 Å². The Balaban J connectivity index is 1.75. The van der Waals surface area contributed by atoms with Crippen LogP contribution in [0.2, 0.25) is 25.7 Å². The lowest BCUT2D eigenvalue weighted by molar-refractivity contribution is -0.148. The molecule has 200 valence electrons. The number of hydrogen-bond acceptors (Lipinski definition) is 7. The zero-order valence-electron chi connectivity index (χ0n) is 21.3. The SMILES string of the molecule is CC(C)(COc1ccc(-c2ccc(-c3nc(C(F)(F)F)nn3COCC[Si](C)(C)C)nc2)cn1)C(=O)O. The van der Waals surface area contributed by atoms with Crippen LogP contribution < -0.4 is 4.74 Å². The van der Waals surface area contributed by atoms with Crippen LogP contribution in [0.25, 0.3) is 22.6 Å². The maximum Gasteiger partial charge on any atom is 0.453 e. The van der Waals surface area contributed by atoms with Gasteiger partial charge in [0.25, 0.3) is 5.82 Å². The smallest absolute Gasteiger partial charge is 0.453 e. The Morgan fingerprint density at radius 3 is 2.22 bits per heavy atom. The van der Waals surface area contributed by atoms with Gasteiger partial charge < -0.3 is 14.6 Å². The third-order valence-electron chi connectivity index (χ3n) is 5.36. The molecule has 1 N–H and O–H groups in total. The third-order valence-corrected chi connectivity index (χ3v) is 7.06. The first-order valence-corrected chi connectivity index (χ1v) is 15.3. The van der Waals surface area contributed by atoms with Crippen molar-refractivity contribution in [3.8, 4) is 28.5 Å². The van der Waals surface area contributed by atoms with Crippen molar-refractivity contribution in [3.63, 3.8) is 0 Å². The molecule has 0 spiro atoms. The number of pyridine rings is 2. The fourth-order valence-corrected chi connectivity index (χ4v) is 3.68. The average molecular weight is 538 g/mol. The van der Waals surface area contributed by atoms with E-state index in [-0.39, 0.29) is 30.7 Å². The minimum Gasteiger partial charge on any atom is -0.481 e. The average Bonchev–Trinajstić information content (AvgIpc) is 3.25. The van der Waals surface area contributed by atoms with E-state index in [0.717, 1.165) is 10.7 Å². The number of carboxylic acids is 1. The van der Waals surface area contributed by atoms with Crippen molar-refractivity contribution >= 4 is 14.0 Å². The number of halogens is 3. The molecule has 37 heavy (non-hydrogen) atoms. The summed E-state index contributed by atoms with van der Waals surface area (Å²) in [5.74, 6) is -2.01. The zero-order chi connectivity index (χ0) is 27.4. The van der Waals surface area contributed by atoms with Crippen LogP contribution in [0, 0.1) is 5.41 Å². The molecule has 0 radical (unpaired) electrons. The molecule has 0 bridgehead atoms. The quantitative estimate of drug-likeness (QED) is 0.262. The van der Waals surface area contributed by atoms with Crippen molar-refractivity contribution in [1.82, 2.24) is 24.7 Å². The first kappa shape index (κ1) is 28.3. The van der Waals surface area contributed by atoms with Crippen LogP contribution in [0.15, 0.2) is 36.7 Å². The summed E-state index contributed by atoms with van der Waals surface area (Å²) in [5, 5.41) is 12.8. The first-order chi connectivity index (χ1) is 17.2. The summed E-state index contributed by atoms with van der Waals surface area (Å²) in [6.07, 6.45) is -1.66.